The van der Waals surface area contributed by atoms with Crippen LogP contribution in [0.4, 0.5) is 0 Å². The fraction of sp³-hybridized carbons (Fsp3) is 0.333. The van der Waals surface area contributed by atoms with Gasteiger partial charge in [-0.25, -0.2) is 0 Å². The van der Waals surface area contributed by atoms with E-state index in [9.17, 15) is 9.59 Å². The van der Waals surface area contributed by atoms with Gasteiger partial charge in [-0.2, -0.15) is 0 Å². The third-order valence-electron chi connectivity index (χ3n) is 2.90. The van der Waals surface area contributed by atoms with Crippen LogP contribution in [0.25, 0.3) is 10.9 Å². The molecule has 4 nitrogen and oxygen atoms in total. The number of carbonyl (C=O) groups is 1. The molecule has 2 N–H and O–H groups in total. The molecule has 0 spiro atoms. The van der Waals surface area contributed by atoms with Crippen LogP contribution in [0.5, 0.6) is 0 Å². The summed E-state index contributed by atoms with van der Waals surface area (Å²) in [4.78, 5) is 26.3. The van der Waals surface area contributed by atoms with Gasteiger partial charge in [0.05, 0.1) is 0 Å². The van der Waals surface area contributed by atoms with Gasteiger partial charge in [-0.05, 0) is 37.8 Å². The number of carbonyl (C=O) groups excluding carboxylic acids is 1. The normalized spacial score (nSPS) is 10.9. The number of para-hydroxylation sites is 1. The van der Waals surface area contributed by atoms with E-state index in [4.69, 9.17) is 0 Å². The summed E-state index contributed by atoms with van der Waals surface area (Å²) >= 11 is 0. The van der Waals surface area contributed by atoms with E-state index < -0.39 is 0 Å². The van der Waals surface area contributed by atoms with Crippen LogP contribution in [-0.4, -0.2) is 16.9 Å². The first kappa shape index (κ1) is 13.3. The van der Waals surface area contributed by atoms with Gasteiger partial charge in [-0.15, -0.1) is 0 Å². The largest absolute Gasteiger partial charge is 0.354 e. The number of fused-ring (bicyclic) bond motifs is 1. The standard InChI is InChI=1S/C15H18N2O2/c1-10(2)16-14(18)8-7-12-9-11-5-3-4-6-13(11)17-15(12)19/h3-6,9-10H,7-8H2,1-2H3,(H,16,18)(H,17,19). The molecule has 1 aromatic carbocycles. The SMILES string of the molecule is CC(C)NC(=O)CCc1cc2ccccc2[nH]c1=O. The molecule has 1 amide bonds. The molecule has 0 bridgehead atoms. The zero-order valence-corrected chi connectivity index (χ0v) is 11.2. The Balaban J connectivity index is 2.14. The maximum atomic E-state index is 11.9. The van der Waals surface area contributed by atoms with Gasteiger partial charge in [0.15, 0.2) is 0 Å². The third kappa shape index (κ3) is 3.44. The average molecular weight is 258 g/mol. The summed E-state index contributed by atoms with van der Waals surface area (Å²) in [5, 5.41) is 3.81. The lowest BCUT2D eigenvalue weighted by atomic mass is 10.1. The fourth-order valence-corrected chi connectivity index (χ4v) is 2.02. The van der Waals surface area contributed by atoms with Crippen molar-refractivity contribution in [3.05, 3.63) is 46.2 Å². The lowest BCUT2D eigenvalue weighted by Gasteiger charge is -2.08. The number of hydrogen-bond acceptors (Lipinski definition) is 2. The molecule has 2 aromatic rings. The minimum absolute atomic E-state index is 0.0254. The van der Waals surface area contributed by atoms with Crippen molar-refractivity contribution in [3.63, 3.8) is 0 Å². The molecule has 0 radical (unpaired) electrons. The Kier molecular flexibility index (Phi) is 4.00. The van der Waals surface area contributed by atoms with Gasteiger partial charge < -0.3 is 10.3 Å². The first-order chi connectivity index (χ1) is 9.06. The number of aryl methyl sites for hydroxylation is 1. The lowest BCUT2D eigenvalue weighted by molar-refractivity contribution is -0.121. The summed E-state index contributed by atoms with van der Waals surface area (Å²) in [6.45, 7) is 3.83. The molecule has 2 rings (SSSR count). The van der Waals surface area contributed by atoms with Gasteiger partial charge in [-0.1, -0.05) is 18.2 Å². The second-order valence-corrected chi connectivity index (χ2v) is 4.93. The second-order valence-electron chi connectivity index (χ2n) is 4.93. The predicted octanol–water partition coefficient (Wildman–Crippen LogP) is 1.99. The van der Waals surface area contributed by atoms with Gasteiger partial charge in [-0.3, -0.25) is 9.59 Å². The maximum absolute atomic E-state index is 11.9. The summed E-state index contributed by atoms with van der Waals surface area (Å²) in [7, 11) is 0. The molecular weight excluding hydrogens is 240 g/mol. The number of amides is 1. The molecule has 0 aliphatic carbocycles. The quantitative estimate of drug-likeness (QED) is 0.881. The predicted molar refractivity (Wildman–Crippen MR) is 76.2 cm³/mol. The molecule has 0 fully saturated rings. The Morgan fingerprint density at radius 1 is 1.32 bits per heavy atom. The summed E-state index contributed by atoms with van der Waals surface area (Å²) in [5.41, 5.74) is 1.36. The average Bonchev–Trinajstić information content (AvgIpc) is 2.35. The topological polar surface area (TPSA) is 62.0 Å². The fourth-order valence-electron chi connectivity index (χ4n) is 2.02. The Bertz CT molecular complexity index is 644. The van der Waals surface area contributed by atoms with Crippen LogP contribution in [0, 0.1) is 0 Å². The summed E-state index contributed by atoms with van der Waals surface area (Å²) < 4.78 is 0. The van der Waals surface area contributed by atoms with Gasteiger partial charge in [0.2, 0.25) is 5.91 Å². The summed E-state index contributed by atoms with van der Waals surface area (Å²) in [6.07, 6.45) is 0.790. The molecule has 1 aromatic heterocycles. The number of benzene rings is 1. The van der Waals surface area contributed by atoms with Gasteiger partial charge in [0.25, 0.3) is 5.56 Å². The minimum atomic E-state index is -0.115. The monoisotopic (exact) mass is 258 g/mol. The van der Waals surface area contributed by atoms with Crippen molar-refractivity contribution in [1.82, 2.24) is 10.3 Å². The van der Waals surface area contributed by atoms with E-state index in [1.165, 1.54) is 0 Å². The molecule has 100 valence electrons. The van der Waals surface area contributed by atoms with E-state index in [1.54, 1.807) is 0 Å². The number of H-pyrrole nitrogens is 1. The van der Waals surface area contributed by atoms with E-state index in [2.05, 4.69) is 10.3 Å². The zero-order valence-electron chi connectivity index (χ0n) is 11.2. The Labute approximate surface area is 111 Å². The molecule has 0 aliphatic rings. The minimum Gasteiger partial charge on any atom is -0.354 e. The molecule has 19 heavy (non-hydrogen) atoms. The number of hydrogen-bond donors (Lipinski definition) is 2. The van der Waals surface area contributed by atoms with Gasteiger partial charge in [0.1, 0.15) is 0 Å². The number of aromatic nitrogens is 1. The first-order valence-electron chi connectivity index (χ1n) is 6.46. The van der Waals surface area contributed by atoms with Crippen molar-refractivity contribution in [2.75, 3.05) is 0 Å². The number of nitrogens with one attached hydrogen (secondary N) is 2. The highest BCUT2D eigenvalue weighted by Gasteiger charge is 2.07. The number of pyridine rings is 1. The highest BCUT2D eigenvalue weighted by atomic mass is 16.1. The molecular formula is C15H18N2O2. The van der Waals surface area contributed by atoms with Crippen molar-refractivity contribution in [2.45, 2.75) is 32.7 Å². The molecule has 1 heterocycles. The smallest absolute Gasteiger partial charge is 0.251 e. The van der Waals surface area contributed by atoms with E-state index in [-0.39, 0.29) is 17.5 Å². The second kappa shape index (κ2) is 5.69. The van der Waals surface area contributed by atoms with Gasteiger partial charge in [0, 0.05) is 23.5 Å². The zero-order chi connectivity index (χ0) is 13.8. The first-order valence-corrected chi connectivity index (χ1v) is 6.46. The molecule has 0 atom stereocenters. The van der Waals surface area contributed by atoms with Crippen molar-refractivity contribution < 1.29 is 4.79 Å². The molecule has 0 unspecified atom stereocenters. The van der Waals surface area contributed by atoms with Crippen molar-refractivity contribution in [1.29, 1.82) is 0 Å². The van der Waals surface area contributed by atoms with Crippen molar-refractivity contribution in [2.24, 2.45) is 0 Å². The number of rotatable bonds is 4. The summed E-state index contributed by atoms with van der Waals surface area (Å²) in [6, 6.07) is 9.61. The third-order valence-corrected chi connectivity index (χ3v) is 2.90. The van der Waals surface area contributed by atoms with Crippen LogP contribution < -0.4 is 10.9 Å². The summed E-state index contributed by atoms with van der Waals surface area (Å²) in [5.74, 6) is -0.0254. The van der Waals surface area contributed by atoms with Crippen molar-refractivity contribution in [3.8, 4) is 0 Å². The van der Waals surface area contributed by atoms with E-state index in [0.717, 1.165) is 10.9 Å². The van der Waals surface area contributed by atoms with E-state index >= 15 is 0 Å². The highest BCUT2D eigenvalue weighted by Crippen LogP contribution is 2.10. The van der Waals surface area contributed by atoms with Crippen LogP contribution in [-0.2, 0) is 11.2 Å². The van der Waals surface area contributed by atoms with Crippen LogP contribution in [0.15, 0.2) is 35.1 Å². The molecule has 0 saturated carbocycles. The Morgan fingerprint density at radius 3 is 2.79 bits per heavy atom. The number of aromatic amines is 1. The molecule has 0 saturated heterocycles. The Hall–Kier alpha value is -2.10. The Morgan fingerprint density at radius 2 is 2.05 bits per heavy atom. The van der Waals surface area contributed by atoms with Crippen LogP contribution >= 0.6 is 0 Å². The van der Waals surface area contributed by atoms with Crippen LogP contribution in [0.3, 0.4) is 0 Å². The molecule has 4 heteroatoms. The van der Waals surface area contributed by atoms with E-state index in [0.29, 0.717) is 18.4 Å². The highest BCUT2D eigenvalue weighted by molar-refractivity contribution is 5.79. The van der Waals surface area contributed by atoms with Crippen LogP contribution in [0.1, 0.15) is 25.8 Å². The maximum Gasteiger partial charge on any atom is 0.251 e. The van der Waals surface area contributed by atoms with Gasteiger partial charge >= 0.3 is 0 Å². The van der Waals surface area contributed by atoms with Crippen LogP contribution in [0.2, 0.25) is 0 Å². The van der Waals surface area contributed by atoms with E-state index in [1.807, 2.05) is 44.2 Å². The lowest BCUT2D eigenvalue weighted by Crippen LogP contribution is -2.30. The van der Waals surface area contributed by atoms with Crippen molar-refractivity contribution >= 4 is 16.8 Å². The molecule has 0 aliphatic heterocycles.